The van der Waals surface area contributed by atoms with Gasteiger partial charge in [-0.3, -0.25) is 23.9 Å². The molecule has 3 aromatic carbocycles. The van der Waals surface area contributed by atoms with E-state index in [1.807, 2.05) is 30.3 Å². The number of carboxylic acids is 1. The Morgan fingerprint density at radius 1 is 0.931 bits per heavy atom. The number of carbonyl (C=O) groups is 3. The molecule has 7 rings (SSSR count). The number of thioether (sulfide) groups is 1. The number of carbonyl (C=O) groups excluding carboxylic acids is 2. The highest BCUT2D eigenvalue weighted by Gasteiger charge is 2.60. The number of rotatable bonds is 15. The third-order valence-electron chi connectivity index (χ3n) is 11.4. The summed E-state index contributed by atoms with van der Waals surface area (Å²) in [5.41, 5.74) is -1.23. The minimum atomic E-state index is -1.68. The molecule has 1 unspecified atom stereocenters. The average Bonchev–Trinajstić information content (AvgIpc) is 3.88. The fourth-order valence-corrected chi connectivity index (χ4v) is 10.2. The van der Waals surface area contributed by atoms with Crippen molar-refractivity contribution in [2.75, 3.05) is 20.0 Å². The van der Waals surface area contributed by atoms with Gasteiger partial charge in [-0.1, -0.05) is 61.0 Å². The zero-order chi connectivity index (χ0) is 41.2. The first-order chi connectivity index (χ1) is 27.9. The number of fused-ring (bicyclic) bond motifs is 1. The average molecular weight is 816 g/mol. The minimum Gasteiger partial charge on any atom is -0.497 e. The monoisotopic (exact) mass is 815 g/mol. The fraction of sp³-hybridized carbons (Fsp3) is 0.390. The van der Waals surface area contributed by atoms with E-state index in [1.54, 1.807) is 48.5 Å². The van der Waals surface area contributed by atoms with E-state index in [-0.39, 0.29) is 19.3 Å². The Hall–Kier alpha value is -5.62. The van der Waals surface area contributed by atoms with Gasteiger partial charge < -0.3 is 45.5 Å². The zero-order valence-electron chi connectivity index (χ0n) is 31.7. The molecule has 1 aromatic heterocycles. The van der Waals surface area contributed by atoms with Gasteiger partial charge in [0.15, 0.2) is 6.23 Å². The number of aliphatic hydroxyl groups excluding tert-OH is 2. The van der Waals surface area contributed by atoms with Gasteiger partial charge >= 0.3 is 17.7 Å². The van der Waals surface area contributed by atoms with Crippen LogP contribution in [-0.2, 0) is 19.7 Å². The number of hydrogen-bond acceptors (Lipinski definition) is 11. The van der Waals surface area contributed by atoms with Crippen LogP contribution in [0.1, 0.15) is 48.6 Å². The second kappa shape index (κ2) is 16.7. The highest BCUT2D eigenvalue weighted by molar-refractivity contribution is 8.01. The number of benzene rings is 3. The van der Waals surface area contributed by atoms with Gasteiger partial charge in [0.25, 0.3) is 5.56 Å². The number of hydrogen-bond donors (Lipinski definition) is 7. The molecule has 16 nitrogen and oxygen atoms in total. The Bertz CT molecular complexity index is 2190. The van der Waals surface area contributed by atoms with Gasteiger partial charge in [0, 0.05) is 24.4 Å². The van der Waals surface area contributed by atoms with Crippen molar-refractivity contribution in [1.29, 1.82) is 0 Å². The van der Waals surface area contributed by atoms with E-state index in [9.17, 15) is 39.3 Å². The first-order valence-corrected chi connectivity index (χ1v) is 19.8. The Morgan fingerprint density at radius 3 is 2.14 bits per heavy atom. The lowest BCUT2D eigenvalue weighted by atomic mass is 9.64. The number of amides is 3. The maximum absolute atomic E-state index is 14.8. The predicted octanol–water partition coefficient (Wildman–Crippen LogP) is 1.87. The summed E-state index contributed by atoms with van der Waals surface area (Å²) in [6, 6.07) is 21.5. The third kappa shape index (κ3) is 7.34. The number of carboxylic acid groups (broad SMARTS) is 1. The number of ether oxygens (including phenoxy) is 3. The summed E-state index contributed by atoms with van der Waals surface area (Å²) in [4.78, 5) is 66.4. The van der Waals surface area contributed by atoms with Gasteiger partial charge in [-0.15, -0.1) is 11.8 Å². The molecule has 0 radical (unpaired) electrons. The molecule has 3 saturated heterocycles. The number of nitrogens with zero attached hydrogens (tertiary/aromatic N) is 1. The van der Waals surface area contributed by atoms with E-state index in [0.717, 1.165) is 10.6 Å². The molecule has 3 fully saturated rings. The number of urea groups is 1. The summed E-state index contributed by atoms with van der Waals surface area (Å²) >= 11 is 1.30. The normalized spacial score (nSPS) is 25.6. The van der Waals surface area contributed by atoms with Gasteiger partial charge in [-0.05, 0) is 53.8 Å². The van der Waals surface area contributed by atoms with Crippen molar-refractivity contribution >= 4 is 29.7 Å². The van der Waals surface area contributed by atoms with E-state index < -0.39 is 82.0 Å². The quantitative estimate of drug-likeness (QED) is 0.0519. The van der Waals surface area contributed by atoms with Crippen LogP contribution < -0.4 is 36.7 Å². The second-order valence-corrected chi connectivity index (χ2v) is 15.9. The number of aromatic nitrogens is 2. The predicted molar refractivity (Wildman–Crippen MR) is 212 cm³/mol. The molecule has 3 aliphatic rings. The van der Waals surface area contributed by atoms with Crippen molar-refractivity contribution in [2.45, 2.75) is 78.5 Å². The van der Waals surface area contributed by atoms with E-state index in [0.29, 0.717) is 40.4 Å². The van der Waals surface area contributed by atoms with Gasteiger partial charge in [0.2, 0.25) is 5.91 Å². The first-order valence-electron chi connectivity index (χ1n) is 18.8. The molecule has 17 heteroatoms. The molecule has 0 spiro atoms. The Kier molecular flexibility index (Phi) is 11.7. The van der Waals surface area contributed by atoms with Crippen LogP contribution in [0.25, 0.3) is 0 Å². The molecule has 4 heterocycles. The molecule has 3 aliphatic heterocycles. The summed E-state index contributed by atoms with van der Waals surface area (Å²) in [5.74, 6) is -0.0660. The van der Waals surface area contributed by atoms with Gasteiger partial charge in [-0.2, -0.15) is 0 Å². The maximum atomic E-state index is 14.8. The molecule has 8 atom stereocenters. The number of aliphatic carboxylic acids is 1. The van der Waals surface area contributed by atoms with Crippen LogP contribution in [0.2, 0.25) is 0 Å². The maximum Gasteiger partial charge on any atom is 0.330 e. The Morgan fingerprint density at radius 2 is 1.55 bits per heavy atom. The van der Waals surface area contributed by atoms with Crippen LogP contribution in [-0.4, -0.2) is 104 Å². The fourth-order valence-electron chi connectivity index (χ4n) is 8.58. The van der Waals surface area contributed by atoms with Crippen LogP contribution >= 0.6 is 11.8 Å². The lowest BCUT2D eigenvalue weighted by molar-refractivity contribution is -0.137. The second-order valence-electron chi connectivity index (χ2n) is 14.6. The molecule has 306 valence electrons. The summed E-state index contributed by atoms with van der Waals surface area (Å²) < 4.78 is 17.2. The number of aromatic amines is 1. The minimum absolute atomic E-state index is 0.113. The van der Waals surface area contributed by atoms with Crippen LogP contribution in [0.15, 0.2) is 101 Å². The van der Waals surface area contributed by atoms with Crippen LogP contribution in [0, 0.1) is 0 Å². The molecule has 7 N–H and O–H groups in total. The number of methoxy groups -OCH3 is 2. The van der Waals surface area contributed by atoms with E-state index in [2.05, 4.69) is 20.9 Å². The standard InChI is InChI=1S/C41H45N5O11S/c1-55-26-15-11-24(12-16-26)41(23-8-4-3-5-9-23,25-13-17-27(56-2)18-14-25)35(51)33-32(50)31(36(57-33)46-21-19-29(47)43-39(46)54)44-37(52)40(20-7-6-10-30(48)49)34-28(22-58-40)42-38(53)45-34/h3-5,8-9,11-19,21,28,31-36,50-51H,6-7,10,20,22H2,1-2H3,(H,44,52)(H,48,49)(H2,42,45,53)(H,43,47,54)/t28-,31+,32-,33-,34-,35?,36+,40-/m0/s1. The lowest BCUT2D eigenvalue weighted by Gasteiger charge is -2.43. The largest absolute Gasteiger partial charge is 0.497 e. The molecular formula is C41H45N5O11S. The van der Waals surface area contributed by atoms with Crippen molar-refractivity contribution in [1.82, 2.24) is 25.5 Å². The zero-order valence-corrected chi connectivity index (χ0v) is 32.5. The lowest BCUT2D eigenvalue weighted by Crippen LogP contribution is -2.60. The van der Waals surface area contributed by atoms with Crippen LogP contribution in [0.5, 0.6) is 11.5 Å². The molecule has 0 bridgehead atoms. The van der Waals surface area contributed by atoms with E-state index in [1.165, 1.54) is 32.2 Å². The molecule has 3 amide bonds. The summed E-state index contributed by atoms with van der Waals surface area (Å²) in [5, 5.41) is 43.4. The number of nitrogens with one attached hydrogen (secondary N) is 4. The third-order valence-corrected chi connectivity index (χ3v) is 13.1. The smallest absolute Gasteiger partial charge is 0.330 e. The van der Waals surface area contributed by atoms with Crippen LogP contribution in [0.3, 0.4) is 0 Å². The molecular weight excluding hydrogens is 771 g/mol. The van der Waals surface area contributed by atoms with Crippen molar-refractivity contribution in [3.8, 4) is 11.5 Å². The molecule has 58 heavy (non-hydrogen) atoms. The van der Waals surface area contributed by atoms with Crippen LogP contribution in [0.4, 0.5) is 4.79 Å². The number of H-pyrrole nitrogens is 1. The van der Waals surface area contributed by atoms with Crippen molar-refractivity contribution in [3.63, 3.8) is 0 Å². The highest BCUT2D eigenvalue weighted by atomic mass is 32.2. The summed E-state index contributed by atoms with van der Waals surface area (Å²) in [7, 11) is 3.07. The van der Waals surface area contributed by atoms with Crippen molar-refractivity contribution in [3.05, 3.63) is 129 Å². The van der Waals surface area contributed by atoms with Gasteiger partial charge in [0.05, 0.1) is 31.7 Å². The summed E-state index contributed by atoms with van der Waals surface area (Å²) in [6.07, 6.45) is -4.37. The Labute approximate surface area is 336 Å². The van der Waals surface area contributed by atoms with Gasteiger partial charge in [-0.25, -0.2) is 9.59 Å². The first kappa shape index (κ1) is 40.6. The molecule has 0 aliphatic carbocycles. The SMILES string of the molecule is COc1ccc(C(c2ccccc2)(c2ccc(OC)cc2)C(O)[C@H]2O[C@@H](n3ccc(=O)[nH]c3=O)[C@H](NC(=O)[C@@]3(CCCCC(=O)O)SC[C@@H]4NC(=O)N[C@@H]43)[C@@H]2O)cc1. The Balaban J connectivity index is 1.34. The number of unbranched alkanes of at least 4 members (excludes halogenated alkanes) is 1. The molecule has 0 saturated carbocycles. The van der Waals surface area contributed by atoms with Crippen molar-refractivity contribution < 1.29 is 43.9 Å². The summed E-state index contributed by atoms with van der Waals surface area (Å²) in [6.45, 7) is 0. The van der Waals surface area contributed by atoms with E-state index in [4.69, 9.17) is 14.2 Å². The van der Waals surface area contributed by atoms with Gasteiger partial charge in [0.1, 0.15) is 40.6 Å². The number of aliphatic hydroxyl groups is 2. The van der Waals surface area contributed by atoms with E-state index >= 15 is 0 Å². The highest BCUT2D eigenvalue weighted by Crippen LogP contribution is 2.48. The van der Waals surface area contributed by atoms with Crippen molar-refractivity contribution in [2.24, 2.45) is 0 Å². The topological polar surface area (TPSA) is 231 Å². The molecule has 4 aromatic rings.